The van der Waals surface area contributed by atoms with Gasteiger partial charge in [0.2, 0.25) is 5.16 Å². The zero-order valence-electron chi connectivity index (χ0n) is 12.8. The lowest BCUT2D eigenvalue weighted by Crippen LogP contribution is -2.31. The topological polar surface area (TPSA) is 34.0 Å². The van der Waals surface area contributed by atoms with Crippen LogP contribution in [0.2, 0.25) is 5.02 Å². The Labute approximate surface area is 140 Å². The number of rotatable bonds is 5. The van der Waals surface area contributed by atoms with E-state index >= 15 is 0 Å². The van der Waals surface area contributed by atoms with Crippen LogP contribution in [0.15, 0.2) is 29.4 Å². The number of aryl methyl sites for hydroxylation is 1. The number of likely N-dealkylation sites (tertiary alicyclic amines) is 1. The molecule has 1 saturated heterocycles. The van der Waals surface area contributed by atoms with Gasteiger partial charge < -0.3 is 4.90 Å². The van der Waals surface area contributed by atoms with E-state index in [-0.39, 0.29) is 0 Å². The molecule has 22 heavy (non-hydrogen) atoms. The molecule has 118 valence electrons. The van der Waals surface area contributed by atoms with Crippen LogP contribution in [0.4, 0.5) is 0 Å². The second kappa shape index (κ2) is 7.49. The van der Waals surface area contributed by atoms with Crippen molar-refractivity contribution >= 4 is 23.4 Å². The minimum atomic E-state index is 0.715. The van der Waals surface area contributed by atoms with E-state index in [4.69, 9.17) is 11.6 Å². The Hall–Kier alpha value is -1.04. The standard InChI is InChI=1S/C16H21ClN4S/c1-13-18-16(22-11-10-20-8-3-2-4-9-20)19-21(13)15-7-5-6-14(17)12-15/h5-7,12H,2-4,8-11H2,1H3. The second-order valence-electron chi connectivity index (χ2n) is 5.58. The minimum absolute atomic E-state index is 0.715. The Morgan fingerprint density at radius 2 is 2.05 bits per heavy atom. The predicted molar refractivity (Wildman–Crippen MR) is 92.1 cm³/mol. The van der Waals surface area contributed by atoms with Crippen LogP contribution in [0.25, 0.3) is 5.69 Å². The summed E-state index contributed by atoms with van der Waals surface area (Å²) in [5.41, 5.74) is 0.959. The molecule has 1 fully saturated rings. The maximum absolute atomic E-state index is 6.05. The first-order valence-corrected chi connectivity index (χ1v) is 9.13. The molecule has 0 atom stereocenters. The van der Waals surface area contributed by atoms with Crippen LogP contribution in [0.5, 0.6) is 0 Å². The van der Waals surface area contributed by atoms with Crippen molar-refractivity contribution in [3.63, 3.8) is 0 Å². The first-order valence-electron chi connectivity index (χ1n) is 7.77. The smallest absolute Gasteiger partial charge is 0.209 e. The van der Waals surface area contributed by atoms with Gasteiger partial charge >= 0.3 is 0 Å². The summed E-state index contributed by atoms with van der Waals surface area (Å²) in [7, 11) is 0. The number of benzene rings is 1. The van der Waals surface area contributed by atoms with Crippen LogP contribution in [0.3, 0.4) is 0 Å². The first-order chi connectivity index (χ1) is 10.7. The highest BCUT2D eigenvalue weighted by Gasteiger charge is 2.12. The molecule has 0 N–H and O–H groups in total. The quantitative estimate of drug-likeness (QED) is 0.778. The zero-order chi connectivity index (χ0) is 15.4. The van der Waals surface area contributed by atoms with Crippen molar-refractivity contribution in [3.8, 4) is 5.69 Å². The number of nitrogens with zero attached hydrogens (tertiary/aromatic N) is 4. The van der Waals surface area contributed by atoms with Gasteiger partial charge in [-0.05, 0) is 51.1 Å². The molecule has 2 aromatic rings. The summed E-state index contributed by atoms with van der Waals surface area (Å²) < 4.78 is 1.86. The molecule has 2 heterocycles. The average Bonchev–Trinajstić information content (AvgIpc) is 2.89. The maximum atomic E-state index is 6.05. The van der Waals surface area contributed by atoms with Crippen molar-refractivity contribution in [2.24, 2.45) is 0 Å². The molecular formula is C16H21ClN4S. The third-order valence-corrected chi connectivity index (χ3v) is 4.94. The molecule has 4 nitrogen and oxygen atoms in total. The highest BCUT2D eigenvalue weighted by atomic mass is 35.5. The van der Waals surface area contributed by atoms with E-state index in [1.54, 1.807) is 11.8 Å². The fourth-order valence-corrected chi connectivity index (χ4v) is 3.78. The third kappa shape index (κ3) is 4.03. The van der Waals surface area contributed by atoms with Crippen molar-refractivity contribution in [1.29, 1.82) is 0 Å². The third-order valence-electron chi connectivity index (χ3n) is 3.89. The van der Waals surface area contributed by atoms with Crippen molar-refractivity contribution in [3.05, 3.63) is 35.1 Å². The Balaban J connectivity index is 1.60. The molecule has 1 aromatic carbocycles. The Morgan fingerprint density at radius 3 is 2.82 bits per heavy atom. The normalized spacial score (nSPS) is 16.1. The van der Waals surface area contributed by atoms with Gasteiger partial charge in [-0.3, -0.25) is 0 Å². The minimum Gasteiger partial charge on any atom is -0.303 e. The average molecular weight is 337 g/mol. The molecule has 0 aliphatic carbocycles. The molecule has 0 saturated carbocycles. The number of aromatic nitrogens is 3. The molecule has 6 heteroatoms. The fraction of sp³-hybridized carbons (Fsp3) is 0.500. The predicted octanol–water partition coefficient (Wildman–Crippen LogP) is 3.81. The van der Waals surface area contributed by atoms with Gasteiger partial charge in [0.05, 0.1) is 5.69 Å². The van der Waals surface area contributed by atoms with Crippen LogP contribution in [0, 0.1) is 6.92 Å². The molecule has 1 aliphatic heterocycles. The summed E-state index contributed by atoms with van der Waals surface area (Å²) in [5, 5.41) is 6.15. The summed E-state index contributed by atoms with van der Waals surface area (Å²) in [5.74, 6) is 1.93. The largest absolute Gasteiger partial charge is 0.303 e. The second-order valence-corrected chi connectivity index (χ2v) is 7.08. The van der Waals surface area contributed by atoms with Crippen LogP contribution in [-0.2, 0) is 0 Å². The molecule has 0 radical (unpaired) electrons. The van der Waals surface area contributed by atoms with Gasteiger partial charge in [0.15, 0.2) is 0 Å². The highest BCUT2D eigenvalue weighted by Crippen LogP contribution is 2.19. The number of hydrogen-bond donors (Lipinski definition) is 0. The SMILES string of the molecule is Cc1nc(SCCN2CCCCC2)nn1-c1cccc(Cl)c1. The van der Waals surface area contributed by atoms with Gasteiger partial charge in [-0.15, -0.1) is 5.10 Å². The number of thioether (sulfide) groups is 1. The van der Waals surface area contributed by atoms with Crippen LogP contribution < -0.4 is 0 Å². The van der Waals surface area contributed by atoms with Gasteiger partial charge in [-0.25, -0.2) is 9.67 Å². The van der Waals surface area contributed by atoms with Crippen molar-refractivity contribution in [1.82, 2.24) is 19.7 Å². The van der Waals surface area contributed by atoms with E-state index in [2.05, 4.69) is 15.0 Å². The summed E-state index contributed by atoms with van der Waals surface area (Å²) in [6.45, 7) is 5.58. The maximum Gasteiger partial charge on any atom is 0.209 e. The molecule has 1 aromatic heterocycles. The van der Waals surface area contributed by atoms with E-state index in [0.717, 1.165) is 29.0 Å². The van der Waals surface area contributed by atoms with E-state index in [0.29, 0.717) is 5.02 Å². The molecular weight excluding hydrogens is 316 g/mol. The summed E-state index contributed by atoms with van der Waals surface area (Å²) >= 11 is 7.78. The van der Waals surface area contributed by atoms with Crippen molar-refractivity contribution in [2.45, 2.75) is 31.3 Å². The van der Waals surface area contributed by atoms with E-state index in [9.17, 15) is 0 Å². The van der Waals surface area contributed by atoms with Gasteiger partial charge in [-0.1, -0.05) is 35.9 Å². The Bertz CT molecular complexity index is 622. The molecule has 0 spiro atoms. The van der Waals surface area contributed by atoms with Crippen molar-refractivity contribution in [2.75, 3.05) is 25.4 Å². The highest BCUT2D eigenvalue weighted by molar-refractivity contribution is 7.99. The van der Waals surface area contributed by atoms with Crippen LogP contribution in [-0.4, -0.2) is 45.1 Å². The van der Waals surface area contributed by atoms with Crippen LogP contribution in [0.1, 0.15) is 25.1 Å². The number of piperidine rings is 1. The zero-order valence-corrected chi connectivity index (χ0v) is 14.4. The van der Waals surface area contributed by atoms with Gasteiger partial charge in [0.1, 0.15) is 5.82 Å². The lowest BCUT2D eigenvalue weighted by molar-refractivity contribution is 0.242. The Morgan fingerprint density at radius 1 is 1.23 bits per heavy atom. The van der Waals surface area contributed by atoms with E-state index in [1.165, 1.54) is 32.4 Å². The lowest BCUT2D eigenvalue weighted by Gasteiger charge is -2.25. The van der Waals surface area contributed by atoms with Gasteiger partial charge in [0.25, 0.3) is 0 Å². The number of hydrogen-bond acceptors (Lipinski definition) is 4. The molecule has 0 unspecified atom stereocenters. The fourth-order valence-electron chi connectivity index (χ4n) is 2.73. The summed E-state index contributed by atoms with van der Waals surface area (Å²) in [4.78, 5) is 7.09. The monoisotopic (exact) mass is 336 g/mol. The number of halogens is 1. The first kappa shape index (κ1) is 15.8. The van der Waals surface area contributed by atoms with E-state index < -0.39 is 0 Å². The molecule has 0 amide bonds. The van der Waals surface area contributed by atoms with Gasteiger partial charge in [-0.2, -0.15) is 0 Å². The van der Waals surface area contributed by atoms with Gasteiger partial charge in [0, 0.05) is 17.3 Å². The van der Waals surface area contributed by atoms with Crippen LogP contribution >= 0.6 is 23.4 Å². The summed E-state index contributed by atoms with van der Waals surface area (Å²) in [6, 6.07) is 7.70. The molecule has 3 rings (SSSR count). The van der Waals surface area contributed by atoms with E-state index in [1.807, 2.05) is 35.9 Å². The van der Waals surface area contributed by atoms with Crippen molar-refractivity contribution < 1.29 is 0 Å². The molecule has 1 aliphatic rings. The lowest BCUT2D eigenvalue weighted by atomic mass is 10.1. The summed E-state index contributed by atoms with van der Waals surface area (Å²) in [6.07, 6.45) is 4.06. The Kier molecular flexibility index (Phi) is 5.39. The molecule has 0 bridgehead atoms.